The second-order valence-electron chi connectivity index (χ2n) is 3.22. The third-order valence-corrected chi connectivity index (χ3v) is 2.04. The zero-order valence-electron chi connectivity index (χ0n) is 8.38. The Morgan fingerprint density at radius 1 is 0.733 bits per heavy atom. The Morgan fingerprint density at radius 2 is 1.33 bits per heavy atom. The lowest BCUT2D eigenvalue weighted by molar-refractivity contribution is 0.959. The molecule has 15 heavy (non-hydrogen) atoms. The van der Waals surface area contributed by atoms with Gasteiger partial charge in [-0.15, -0.1) is 0 Å². The van der Waals surface area contributed by atoms with Gasteiger partial charge in [0.1, 0.15) is 0 Å². The van der Waals surface area contributed by atoms with Crippen LogP contribution in [-0.2, 0) is 6.54 Å². The number of rotatable bonds is 3. The van der Waals surface area contributed by atoms with Gasteiger partial charge in [-0.1, -0.05) is 48.5 Å². The van der Waals surface area contributed by atoms with Crippen LogP contribution < -0.4 is 0 Å². The molecule has 0 spiro atoms. The van der Waals surface area contributed by atoms with Gasteiger partial charge < -0.3 is 0 Å². The average Bonchev–Trinajstić information content (AvgIpc) is 2.32. The van der Waals surface area contributed by atoms with Crippen LogP contribution in [0.2, 0.25) is 0 Å². The molecule has 74 valence electrons. The molecule has 2 aromatic rings. The monoisotopic (exact) mass is 196 g/mol. The maximum atomic E-state index is 4.14. The van der Waals surface area contributed by atoms with Crippen molar-refractivity contribution in [3.05, 3.63) is 66.2 Å². The highest BCUT2D eigenvalue weighted by atomic mass is 15.1. The third kappa shape index (κ3) is 3.02. The topological polar surface area (TPSA) is 24.7 Å². The highest BCUT2D eigenvalue weighted by Gasteiger charge is 1.88. The number of hydrogen-bond donors (Lipinski definition) is 0. The van der Waals surface area contributed by atoms with Crippen LogP contribution in [0.5, 0.6) is 0 Å². The Morgan fingerprint density at radius 3 is 2.00 bits per heavy atom. The molecule has 0 bridgehead atoms. The van der Waals surface area contributed by atoms with E-state index in [1.165, 1.54) is 5.56 Å². The molecule has 2 heteroatoms. The van der Waals surface area contributed by atoms with E-state index in [0.29, 0.717) is 6.54 Å². The normalized spacial score (nSPS) is 10.7. The minimum atomic E-state index is 0.635. The summed E-state index contributed by atoms with van der Waals surface area (Å²) in [6, 6.07) is 19.9. The SMILES string of the molecule is c1ccc(C/N=N/c2ccccc2)cc1. The molecular formula is C13H12N2. The highest BCUT2D eigenvalue weighted by Crippen LogP contribution is 2.11. The van der Waals surface area contributed by atoms with E-state index in [1.807, 2.05) is 60.7 Å². The first-order chi connectivity index (χ1) is 7.45. The van der Waals surface area contributed by atoms with Gasteiger partial charge >= 0.3 is 0 Å². The van der Waals surface area contributed by atoms with Crippen LogP contribution in [0.3, 0.4) is 0 Å². The second-order valence-corrected chi connectivity index (χ2v) is 3.22. The third-order valence-electron chi connectivity index (χ3n) is 2.04. The lowest BCUT2D eigenvalue weighted by atomic mass is 10.2. The summed E-state index contributed by atoms with van der Waals surface area (Å²) in [7, 11) is 0. The second kappa shape index (κ2) is 5.05. The van der Waals surface area contributed by atoms with E-state index >= 15 is 0 Å². The highest BCUT2D eigenvalue weighted by molar-refractivity contribution is 5.34. The summed E-state index contributed by atoms with van der Waals surface area (Å²) in [5, 5.41) is 8.26. The van der Waals surface area contributed by atoms with Gasteiger partial charge in [-0.05, 0) is 17.7 Å². The first kappa shape index (κ1) is 9.59. The van der Waals surface area contributed by atoms with Gasteiger partial charge in [-0.3, -0.25) is 0 Å². The van der Waals surface area contributed by atoms with Crippen molar-refractivity contribution in [3.63, 3.8) is 0 Å². The minimum absolute atomic E-state index is 0.635. The molecule has 2 aromatic carbocycles. The van der Waals surface area contributed by atoms with E-state index in [9.17, 15) is 0 Å². The van der Waals surface area contributed by atoms with Crippen LogP contribution >= 0.6 is 0 Å². The minimum Gasteiger partial charge on any atom is -0.184 e. The quantitative estimate of drug-likeness (QED) is 0.663. The van der Waals surface area contributed by atoms with Gasteiger partial charge in [-0.25, -0.2) is 0 Å². The van der Waals surface area contributed by atoms with Crippen molar-refractivity contribution in [2.45, 2.75) is 6.54 Å². The first-order valence-corrected chi connectivity index (χ1v) is 4.91. The van der Waals surface area contributed by atoms with Crippen molar-refractivity contribution >= 4 is 5.69 Å². The summed E-state index contributed by atoms with van der Waals surface area (Å²) < 4.78 is 0. The average molecular weight is 196 g/mol. The zero-order valence-corrected chi connectivity index (χ0v) is 8.38. The van der Waals surface area contributed by atoms with E-state index in [2.05, 4.69) is 10.2 Å². The molecule has 0 saturated heterocycles. The molecule has 0 unspecified atom stereocenters. The summed E-state index contributed by atoms with van der Waals surface area (Å²) in [5.41, 5.74) is 2.07. The largest absolute Gasteiger partial charge is 0.184 e. The summed E-state index contributed by atoms with van der Waals surface area (Å²) >= 11 is 0. The van der Waals surface area contributed by atoms with E-state index in [4.69, 9.17) is 0 Å². The summed E-state index contributed by atoms with van der Waals surface area (Å²) in [6.07, 6.45) is 0. The predicted octanol–water partition coefficient (Wildman–Crippen LogP) is 3.97. The molecule has 0 amide bonds. The Labute approximate surface area is 89.3 Å². The molecule has 0 aromatic heterocycles. The molecule has 0 saturated carbocycles. The van der Waals surface area contributed by atoms with Crippen LogP contribution in [0.1, 0.15) is 5.56 Å². The Hall–Kier alpha value is -1.96. The predicted molar refractivity (Wildman–Crippen MR) is 61.1 cm³/mol. The van der Waals surface area contributed by atoms with Crippen molar-refractivity contribution < 1.29 is 0 Å². The van der Waals surface area contributed by atoms with Gasteiger partial charge in [0, 0.05) is 0 Å². The molecule has 0 aliphatic rings. The molecule has 2 rings (SSSR count). The van der Waals surface area contributed by atoms with Crippen LogP contribution in [0, 0.1) is 0 Å². The van der Waals surface area contributed by atoms with Crippen molar-refractivity contribution in [3.8, 4) is 0 Å². The van der Waals surface area contributed by atoms with Crippen molar-refractivity contribution in [1.82, 2.24) is 0 Å². The first-order valence-electron chi connectivity index (χ1n) is 4.91. The summed E-state index contributed by atoms with van der Waals surface area (Å²) in [5.74, 6) is 0. The van der Waals surface area contributed by atoms with E-state index in [0.717, 1.165) is 5.69 Å². The molecule has 0 atom stereocenters. The molecule has 0 aliphatic heterocycles. The van der Waals surface area contributed by atoms with E-state index in [1.54, 1.807) is 0 Å². The summed E-state index contributed by atoms with van der Waals surface area (Å²) in [6.45, 7) is 0.635. The van der Waals surface area contributed by atoms with Crippen LogP contribution in [0.25, 0.3) is 0 Å². The Bertz CT molecular complexity index is 421. The number of benzene rings is 2. The molecule has 0 heterocycles. The van der Waals surface area contributed by atoms with Crippen molar-refractivity contribution in [2.75, 3.05) is 0 Å². The summed E-state index contributed by atoms with van der Waals surface area (Å²) in [4.78, 5) is 0. The lowest BCUT2D eigenvalue weighted by Gasteiger charge is -1.93. The van der Waals surface area contributed by atoms with Gasteiger partial charge in [0.05, 0.1) is 12.2 Å². The van der Waals surface area contributed by atoms with Crippen LogP contribution in [0.4, 0.5) is 5.69 Å². The number of hydrogen-bond acceptors (Lipinski definition) is 2. The van der Waals surface area contributed by atoms with Gasteiger partial charge in [0.15, 0.2) is 0 Å². The molecule has 0 fully saturated rings. The van der Waals surface area contributed by atoms with Gasteiger partial charge in [0.25, 0.3) is 0 Å². The fraction of sp³-hybridized carbons (Fsp3) is 0.0769. The standard InChI is InChI=1S/C13H12N2/c1-3-7-12(8-4-1)11-14-15-13-9-5-2-6-10-13/h1-10H,11H2/b15-14+. The molecule has 0 aliphatic carbocycles. The Kier molecular flexibility index (Phi) is 3.23. The molecule has 0 radical (unpaired) electrons. The van der Waals surface area contributed by atoms with Gasteiger partial charge in [-0.2, -0.15) is 10.2 Å². The van der Waals surface area contributed by atoms with E-state index in [-0.39, 0.29) is 0 Å². The molecular weight excluding hydrogens is 184 g/mol. The van der Waals surface area contributed by atoms with Crippen molar-refractivity contribution in [1.29, 1.82) is 0 Å². The fourth-order valence-electron chi connectivity index (χ4n) is 1.28. The number of nitrogens with zero attached hydrogens (tertiary/aromatic N) is 2. The maximum absolute atomic E-state index is 4.14. The van der Waals surface area contributed by atoms with E-state index < -0.39 is 0 Å². The zero-order chi connectivity index (χ0) is 10.3. The van der Waals surface area contributed by atoms with Crippen LogP contribution in [-0.4, -0.2) is 0 Å². The maximum Gasteiger partial charge on any atom is 0.0853 e. The lowest BCUT2D eigenvalue weighted by Crippen LogP contribution is -1.77. The smallest absolute Gasteiger partial charge is 0.0853 e. The van der Waals surface area contributed by atoms with Crippen LogP contribution in [0.15, 0.2) is 70.9 Å². The van der Waals surface area contributed by atoms with Gasteiger partial charge in [0.2, 0.25) is 0 Å². The molecule has 0 N–H and O–H groups in total. The molecule has 2 nitrogen and oxygen atoms in total. The number of azo groups is 1. The Balaban J connectivity index is 1.97. The fourth-order valence-corrected chi connectivity index (χ4v) is 1.28. The van der Waals surface area contributed by atoms with Crippen molar-refractivity contribution in [2.24, 2.45) is 10.2 Å².